The minimum Gasteiger partial charge on any atom is -0.467 e. The molecular weight excluding hydrogens is 308 g/mol. The SMILES string of the molecule is CC(Nc1ccc(Br)cc1)C(=O)NCc1ccco1. The quantitative estimate of drug-likeness (QED) is 0.889. The van der Waals surface area contributed by atoms with Crippen molar-refractivity contribution in [1.82, 2.24) is 5.32 Å². The van der Waals surface area contributed by atoms with Gasteiger partial charge in [0.1, 0.15) is 11.8 Å². The highest BCUT2D eigenvalue weighted by Gasteiger charge is 2.12. The van der Waals surface area contributed by atoms with Crippen LogP contribution < -0.4 is 10.6 Å². The summed E-state index contributed by atoms with van der Waals surface area (Å²) in [7, 11) is 0. The maximum absolute atomic E-state index is 11.9. The number of furan rings is 1. The predicted octanol–water partition coefficient (Wildman–Crippen LogP) is 3.16. The summed E-state index contributed by atoms with van der Waals surface area (Å²) in [5, 5.41) is 5.95. The topological polar surface area (TPSA) is 54.3 Å². The zero-order valence-corrected chi connectivity index (χ0v) is 12.1. The summed E-state index contributed by atoms with van der Waals surface area (Å²) in [5.74, 6) is 0.670. The standard InChI is InChI=1S/C14H15BrN2O2/c1-10(17-12-6-4-11(15)5-7-12)14(18)16-9-13-3-2-8-19-13/h2-8,10,17H,9H2,1H3,(H,16,18). The second kappa shape index (κ2) is 6.43. The molecule has 1 aromatic carbocycles. The van der Waals surface area contributed by atoms with E-state index >= 15 is 0 Å². The van der Waals surface area contributed by atoms with Crippen molar-refractivity contribution in [3.05, 3.63) is 52.9 Å². The molecule has 1 amide bonds. The van der Waals surface area contributed by atoms with Crippen molar-refractivity contribution in [3.63, 3.8) is 0 Å². The van der Waals surface area contributed by atoms with Gasteiger partial charge in [0.25, 0.3) is 0 Å². The van der Waals surface area contributed by atoms with Gasteiger partial charge in [0.05, 0.1) is 12.8 Å². The van der Waals surface area contributed by atoms with Crippen LogP contribution in [0, 0.1) is 0 Å². The van der Waals surface area contributed by atoms with Crippen molar-refractivity contribution >= 4 is 27.5 Å². The van der Waals surface area contributed by atoms with Crippen molar-refractivity contribution in [1.29, 1.82) is 0 Å². The van der Waals surface area contributed by atoms with Crippen LogP contribution in [0.1, 0.15) is 12.7 Å². The summed E-state index contributed by atoms with van der Waals surface area (Å²) in [6.07, 6.45) is 1.59. The van der Waals surface area contributed by atoms with Crippen LogP contribution in [0.2, 0.25) is 0 Å². The third-order valence-corrected chi connectivity index (χ3v) is 3.17. The van der Waals surface area contributed by atoms with Gasteiger partial charge in [0.2, 0.25) is 5.91 Å². The fourth-order valence-corrected chi connectivity index (χ4v) is 1.87. The normalized spacial score (nSPS) is 11.9. The van der Waals surface area contributed by atoms with Gasteiger partial charge in [-0.05, 0) is 43.3 Å². The van der Waals surface area contributed by atoms with Gasteiger partial charge >= 0.3 is 0 Å². The molecule has 0 radical (unpaired) electrons. The number of halogens is 1. The van der Waals surface area contributed by atoms with E-state index in [-0.39, 0.29) is 11.9 Å². The minimum absolute atomic E-state index is 0.0701. The van der Waals surface area contributed by atoms with Crippen molar-refractivity contribution in [3.8, 4) is 0 Å². The minimum atomic E-state index is -0.309. The molecule has 1 heterocycles. The third-order valence-electron chi connectivity index (χ3n) is 2.64. The number of amides is 1. The smallest absolute Gasteiger partial charge is 0.242 e. The lowest BCUT2D eigenvalue weighted by molar-refractivity contribution is -0.121. The number of hydrogen-bond donors (Lipinski definition) is 2. The zero-order valence-electron chi connectivity index (χ0n) is 10.5. The summed E-state index contributed by atoms with van der Waals surface area (Å²) in [6.45, 7) is 2.22. The Morgan fingerprint density at radius 1 is 1.32 bits per heavy atom. The zero-order chi connectivity index (χ0) is 13.7. The first-order chi connectivity index (χ1) is 9.15. The van der Waals surface area contributed by atoms with Crippen LogP contribution in [0.15, 0.2) is 51.6 Å². The largest absolute Gasteiger partial charge is 0.467 e. The van der Waals surface area contributed by atoms with E-state index in [0.29, 0.717) is 6.54 Å². The Hall–Kier alpha value is -1.75. The van der Waals surface area contributed by atoms with Crippen LogP contribution in [0.4, 0.5) is 5.69 Å². The Morgan fingerprint density at radius 3 is 2.68 bits per heavy atom. The fourth-order valence-electron chi connectivity index (χ4n) is 1.60. The molecule has 0 saturated heterocycles. The lowest BCUT2D eigenvalue weighted by atomic mass is 10.2. The Morgan fingerprint density at radius 2 is 2.05 bits per heavy atom. The van der Waals surface area contributed by atoms with E-state index in [1.807, 2.05) is 37.3 Å². The van der Waals surface area contributed by atoms with Crippen LogP contribution in [-0.4, -0.2) is 11.9 Å². The number of nitrogens with one attached hydrogen (secondary N) is 2. The number of rotatable bonds is 5. The van der Waals surface area contributed by atoms with Crippen molar-refractivity contribution in [2.45, 2.75) is 19.5 Å². The molecule has 0 bridgehead atoms. The highest BCUT2D eigenvalue weighted by Crippen LogP contribution is 2.14. The molecular formula is C14H15BrN2O2. The number of benzene rings is 1. The molecule has 0 aliphatic heterocycles. The Balaban J connectivity index is 1.83. The third kappa shape index (κ3) is 4.13. The molecule has 2 N–H and O–H groups in total. The van der Waals surface area contributed by atoms with Crippen molar-refractivity contribution in [2.24, 2.45) is 0 Å². The first-order valence-electron chi connectivity index (χ1n) is 5.97. The second-order valence-corrected chi connectivity index (χ2v) is 5.09. The van der Waals surface area contributed by atoms with Gasteiger partial charge in [-0.3, -0.25) is 4.79 Å². The maximum atomic E-state index is 11.9. The Labute approximate surface area is 120 Å². The van der Waals surface area contributed by atoms with Crippen molar-refractivity contribution in [2.75, 3.05) is 5.32 Å². The second-order valence-electron chi connectivity index (χ2n) is 4.17. The summed E-state index contributed by atoms with van der Waals surface area (Å²) in [5.41, 5.74) is 0.906. The number of carbonyl (C=O) groups is 1. The molecule has 0 aliphatic carbocycles. The number of hydrogen-bond acceptors (Lipinski definition) is 3. The van der Waals surface area contributed by atoms with Gasteiger partial charge < -0.3 is 15.1 Å². The Bertz CT molecular complexity index is 523. The van der Waals surface area contributed by atoms with Crippen LogP contribution in [0.25, 0.3) is 0 Å². The molecule has 0 saturated carbocycles. The molecule has 1 atom stereocenters. The van der Waals surface area contributed by atoms with Crippen LogP contribution in [0.5, 0.6) is 0 Å². The maximum Gasteiger partial charge on any atom is 0.242 e. The highest BCUT2D eigenvalue weighted by molar-refractivity contribution is 9.10. The molecule has 1 unspecified atom stereocenters. The van der Waals surface area contributed by atoms with Gasteiger partial charge in [-0.1, -0.05) is 15.9 Å². The van der Waals surface area contributed by atoms with Gasteiger partial charge in [0.15, 0.2) is 0 Å². The van der Waals surface area contributed by atoms with E-state index in [1.165, 1.54) is 0 Å². The molecule has 4 nitrogen and oxygen atoms in total. The molecule has 2 rings (SSSR count). The highest BCUT2D eigenvalue weighted by atomic mass is 79.9. The van der Waals surface area contributed by atoms with E-state index in [4.69, 9.17) is 4.42 Å². The molecule has 0 spiro atoms. The molecule has 19 heavy (non-hydrogen) atoms. The number of anilines is 1. The van der Waals surface area contributed by atoms with Gasteiger partial charge in [-0.25, -0.2) is 0 Å². The van der Waals surface area contributed by atoms with E-state index in [2.05, 4.69) is 26.6 Å². The van der Waals surface area contributed by atoms with Crippen LogP contribution in [-0.2, 0) is 11.3 Å². The average molecular weight is 323 g/mol. The summed E-state index contributed by atoms with van der Waals surface area (Å²) >= 11 is 3.37. The number of carbonyl (C=O) groups excluding carboxylic acids is 1. The van der Waals surface area contributed by atoms with Gasteiger partial charge in [0, 0.05) is 10.2 Å². The monoisotopic (exact) mass is 322 g/mol. The van der Waals surface area contributed by atoms with Gasteiger partial charge in [-0.15, -0.1) is 0 Å². The molecule has 0 aliphatic rings. The average Bonchev–Trinajstić information content (AvgIpc) is 2.91. The van der Waals surface area contributed by atoms with Gasteiger partial charge in [-0.2, -0.15) is 0 Å². The summed E-state index contributed by atoms with van der Waals surface area (Å²) in [4.78, 5) is 11.9. The predicted molar refractivity (Wildman–Crippen MR) is 77.8 cm³/mol. The fraction of sp³-hybridized carbons (Fsp3) is 0.214. The van der Waals surface area contributed by atoms with Crippen molar-refractivity contribution < 1.29 is 9.21 Å². The molecule has 5 heteroatoms. The molecule has 100 valence electrons. The lowest BCUT2D eigenvalue weighted by Crippen LogP contribution is -2.37. The Kier molecular flexibility index (Phi) is 4.63. The van der Waals surface area contributed by atoms with E-state index < -0.39 is 0 Å². The van der Waals surface area contributed by atoms with Crippen LogP contribution in [0.3, 0.4) is 0 Å². The van der Waals surface area contributed by atoms with E-state index in [0.717, 1.165) is 15.9 Å². The van der Waals surface area contributed by atoms with Crippen LogP contribution >= 0.6 is 15.9 Å². The first-order valence-corrected chi connectivity index (χ1v) is 6.76. The summed E-state index contributed by atoms with van der Waals surface area (Å²) < 4.78 is 6.16. The van der Waals surface area contributed by atoms with E-state index in [9.17, 15) is 4.79 Å². The first kappa shape index (κ1) is 13.7. The molecule has 2 aromatic rings. The molecule has 0 fully saturated rings. The van der Waals surface area contributed by atoms with E-state index in [1.54, 1.807) is 12.3 Å². The lowest BCUT2D eigenvalue weighted by Gasteiger charge is -2.14. The molecule has 1 aromatic heterocycles. The summed E-state index contributed by atoms with van der Waals surface area (Å²) in [6, 6.07) is 11.0.